The van der Waals surface area contributed by atoms with E-state index in [1.54, 1.807) is 0 Å². The van der Waals surface area contributed by atoms with E-state index in [2.05, 4.69) is 0 Å². The Hall–Kier alpha value is -1.39. The van der Waals surface area contributed by atoms with Crippen molar-refractivity contribution in [1.29, 1.82) is 0 Å². The second kappa shape index (κ2) is 3.88. The molecule has 0 aliphatic carbocycles. The van der Waals surface area contributed by atoms with Crippen LogP contribution in [-0.2, 0) is 9.59 Å². The van der Waals surface area contributed by atoms with Gasteiger partial charge in [0.1, 0.15) is 5.88 Å². The maximum Gasteiger partial charge on any atom is 0.306 e. The Morgan fingerprint density at radius 2 is 2.00 bits per heavy atom. The molecular weight excluding hydrogens is 253 g/mol. The molecule has 2 amide bonds. The van der Waals surface area contributed by atoms with Gasteiger partial charge >= 0.3 is 5.91 Å². The minimum absolute atomic E-state index is 0.135. The first kappa shape index (κ1) is 11.1. The predicted octanol–water partition coefficient (Wildman–Crippen LogP) is 1.63. The van der Waals surface area contributed by atoms with Gasteiger partial charge in [0, 0.05) is 5.02 Å². The summed E-state index contributed by atoms with van der Waals surface area (Å²) >= 11 is 11.1. The largest absolute Gasteiger partial charge is 0.306 e. The number of alkyl halides is 1. The molecule has 1 aliphatic heterocycles. The summed E-state index contributed by atoms with van der Waals surface area (Å²) < 4.78 is 0. The standard InChI is InChI=1S/C10H5Cl2NO3/c11-4-8(14)13-7-2-1-5(12)3-6(7)9(15)10(13)16/h1-3H,4H2. The Morgan fingerprint density at radius 1 is 1.31 bits per heavy atom. The van der Waals surface area contributed by atoms with Crippen LogP contribution < -0.4 is 4.90 Å². The van der Waals surface area contributed by atoms with E-state index >= 15 is 0 Å². The van der Waals surface area contributed by atoms with Crippen molar-refractivity contribution >= 4 is 46.5 Å². The number of carbonyl (C=O) groups excluding carboxylic acids is 3. The molecule has 0 fully saturated rings. The molecule has 0 unspecified atom stereocenters. The van der Waals surface area contributed by atoms with Crippen molar-refractivity contribution in [3.05, 3.63) is 28.8 Å². The normalized spacial score (nSPS) is 14.2. The summed E-state index contributed by atoms with van der Waals surface area (Å²) in [7, 11) is 0. The molecule has 1 aromatic carbocycles. The second-order valence-electron chi connectivity index (χ2n) is 3.16. The lowest BCUT2D eigenvalue weighted by atomic mass is 10.1. The van der Waals surface area contributed by atoms with Crippen molar-refractivity contribution in [2.45, 2.75) is 0 Å². The molecular formula is C10H5Cl2NO3. The van der Waals surface area contributed by atoms with E-state index in [-0.39, 0.29) is 17.1 Å². The van der Waals surface area contributed by atoms with Crippen LogP contribution in [0, 0.1) is 0 Å². The molecule has 2 rings (SSSR count). The molecule has 1 aliphatic rings. The van der Waals surface area contributed by atoms with Crippen LogP contribution in [0.1, 0.15) is 10.4 Å². The fourth-order valence-corrected chi connectivity index (χ4v) is 1.81. The predicted molar refractivity (Wildman–Crippen MR) is 59.0 cm³/mol. The van der Waals surface area contributed by atoms with Gasteiger partial charge in [-0.25, -0.2) is 4.90 Å². The number of halogens is 2. The molecule has 0 radical (unpaired) electrons. The van der Waals surface area contributed by atoms with E-state index in [1.807, 2.05) is 0 Å². The van der Waals surface area contributed by atoms with E-state index in [0.29, 0.717) is 5.02 Å². The highest BCUT2D eigenvalue weighted by atomic mass is 35.5. The maximum absolute atomic E-state index is 11.5. The summed E-state index contributed by atoms with van der Waals surface area (Å²) in [4.78, 5) is 35.2. The molecule has 0 aromatic heterocycles. The molecule has 0 spiro atoms. The summed E-state index contributed by atoms with van der Waals surface area (Å²) in [5.74, 6) is -2.61. The smallest absolute Gasteiger partial charge is 0.283 e. The van der Waals surface area contributed by atoms with Crippen molar-refractivity contribution in [2.75, 3.05) is 10.8 Å². The van der Waals surface area contributed by atoms with Gasteiger partial charge < -0.3 is 0 Å². The molecule has 0 saturated carbocycles. The topological polar surface area (TPSA) is 54.5 Å². The quantitative estimate of drug-likeness (QED) is 0.568. The number of nitrogens with zero attached hydrogens (tertiary/aromatic N) is 1. The monoisotopic (exact) mass is 257 g/mol. The van der Waals surface area contributed by atoms with E-state index < -0.39 is 17.6 Å². The third-order valence-electron chi connectivity index (χ3n) is 2.21. The molecule has 0 N–H and O–H groups in total. The fraction of sp³-hybridized carbons (Fsp3) is 0.100. The summed E-state index contributed by atoms with van der Waals surface area (Å²) in [6, 6.07) is 4.31. The lowest BCUT2D eigenvalue weighted by molar-refractivity contribution is -0.122. The van der Waals surface area contributed by atoms with E-state index in [9.17, 15) is 14.4 Å². The zero-order chi connectivity index (χ0) is 11.9. The highest BCUT2D eigenvalue weighted by Gasteiger charge is 2.39. The van der Waals surface area contributed by atoms with Crippen molar-refractivity contribution in [1.82, 2.24) is 0 Å². The minimum Gasteiger partial charge on any atom is -0.283 e. The summed E-state index contributed by atoms with van der Waals surface area (Å²) in [5, 5.41) is 0.333. The molecule has 0 bridgehead atoms. The lowest BCUT2D eigenvalue weighted by Gasteiger charge is -2.12. The summed E-state index contributed by atoms with van der Waals surface area (Å²) in [5.41, 5.74) is 0.376. The maximum atomic E-state index is 11.5. The average Bonchev–Trinajstić information content (AvgIpc) is 2.52. The molecule has 1 heterocycles. The number of ketones is 1. The van der Waals surface area contributed by atoms with E-state index in [4.69, 9.17) is 23.2 Å². The fourth-order valence-electron chi connectivity index (χ4n) is 1.52. The van der Waals surface area contributed by atoms with Gasteiger partial charge in [-0.2, -0.15) is 0 Å². The number of rotatable bonds is 1. The number of Topliss-reactive ketones (excluding diaryl/α,β-unsaturated/α-hetero) is 1. The Bertz CT molecular complexity index is 513. The molecule has 0 saturated heterocycles. The van der Waals surface area contributed by atoms with Crippen LogP contribution in [0.3, 0.4) is 0 Å². The van der Waals surface area contributed by atoms with Gasteiger partial charge in [0.25, 0.3) is 5.78 Å². The van der Waals surface area contributed by atoms with Crippen molar-refractivity contribution in [3.63, 3.8) is 0 Å². The highest BCUT2D eigenvalue weighted by molar-refractivity contribution is 6.57. The molecule has 0 atom stereocenters. The van der Waals surface area contributed by atoms with Gasteiger partial charge in [-0.05, 0) is 18.2 Å². The van der Waals surface area contributed by atoms with Crippen LogP contribution in [0.2, 0.25) is 5.02 Å². The van der Waals surface area contributed by atoms with Crippen LogP contribution in [0.4, 0.5) is 5.69 Å². The van der Waals surface area contributed by atoms with E-state index in [0.717, 1.165) is 4.90 Å². The third-order valence-corrected chi connectivity index (χ3v) is 2.67. The molecule has 1 aromatic rings. The minimum atomic E-state index is -0.886. The number of hydrogen-bond donors (Lipinski definition) is 0. The Labute approximate surface area is 101 Å². The van der Waals surface area contributed by atoms with Crippen LogP contribution in [0.25, 0.3) is 0 Å². The van der Waals surface area contributed by atoms with Crippen molar-refractivity contribution in [3.8, 4) is 0 Å². The van der Waals surface area contributed by atoms with Gasteiger partial charge in [-0.15, -0.1) is 11.6 Å². The first-order valence-electron chi connectivity index (χ1n) is 4.33. The van der Waals surface area contributed by atoms with Gasteiger partial charge in [0.2, 0.25) is 5.91 Å². The number of carbonyl (C=O) groups is 3. The molecule has 6 heteroatoms. The first-order chi connectivity index (χ1) is 7.56. The molecule has 16 heavy (non-hydrogen) atoms. The van der Waals surface area contributed by atoms with Crippen LogP contribution in [0.5, 0.6) is 0 Å². The molecule has 82 valence electrons. The molecule has 4 nitrogen and oxygen atoms in total. The zero-order valence-corrected chi connectivity index (χ0v) is 9.38. The second-order valence-corrected chi connectivity index (χ2v) is 3.86. The van der Waals surface area contributed by atoms with Gasteiger partial charge in [-0.3, -0.25) is 14.4 Å². The third kappa shape index (κ3) is 1.50. The highest BCUT2D eigenvalue weighted by Crippen LogP contribution is 2.31. The Morgan fingerprint density at radius 3 is 2.62 bits per heavy atom. The number of hydrogen-bond acceptors (Lipinski definition) is 3. The Kier molecular flexibility index (Phi) is 2.69. The number of amides is 2. The summed E-state index contributed by atoms with van der Waals surface area (Å²) in [6.45, 7) is 0. The lowest BCUT2D eigenvalue weighted by Crippen LogP contribution is -2.36. The van der Waals surface area contributed by atoms with Gasteiger partial charge in [-0.1, -0.05) is 11.6 Å². The zero-order valence-electron chi connectivity index (χ0n) is 7.87. The van der Waals surface area contributed by atoms with Gasteiger partial charge in [0.05, 0.1) is 11.3 Å². The SMILES string of the molecule is O=C1C(=O)N(C(=O)CCl)c2ccc(Cl)cc21. The Balaban J connectivity index is 2.58. The summed E-state index contributed by atoms with van der Waals surface area (Å²) in [6.07, 6.45) is 0. The first-order valence-corrected chi connectivity index (χ1v) is 5.24. The van der Waals surface area contributed by atoms with Crippen LogP contribution >= 0.6 is 23.2 Å². The van der Waals surface area contributed by atoms with Crippen LogP contribution in [0.15, 0.2) is 18.2 Å². The number of anilines is 1. The van der Waals surface area contributed by atoms with E-state index in [1.165, 1.54) is 18.2 Å². The average molecular weight is 258 g/mol. The number of benzene rings is 1. The van der Waals surface area contributed by atoms with Gasteiger partial charge in [0.15, 0.2) is 0 Å². The van der Waals surface area contributed by atoms with Crippen molar-refractivity contribution < 1.29 is 14.4 Å². The number of imide groups is 1. The van der Waals surface area contributed by atoms with Crippen molar-refractivity contribution in [2.24, 2.45) is 0 Å². The number of fused-ring (bicyclic) bond motifs is 1. The van der Waals surface area contributed by atoms with Crippen LogP contribution in [-0.4, -0.2) is 23.5 Å².